The molecule has 0 aliphatic rings. The minimum absolute atomic E-state index is 0.0140. The number of aryl methyl sites for hydroxylation is 1. The van der Waals surface area contributed by atoms with E-state index in [9.17, 15) is 10.1 Å². The molecule has 7 nitrogen and oxygen atoms in total. The zero-order chi connectivity index (χ0) is 14.0. The highest BCUT2D eigenvalue weighted by molar-refractivity contribution is 5.59. The number of nitro benzene ring substituents is 1. The van der Waals surface area contributed by atoms with Gasteiger partial charge in [0.2, 0.25) is 0 Å². The molecule has 0 aliphatic heterocycles. The molecule has 2 aromatic rings. The lowest BCUT2D eigenvalue weighted by Gasteiger charge is -2.08. The molecule has 0 saturated carbocycles. The number of imidazole rings is 1. The molecule has 0 atom stereocenters. The molecule has 92 valence electrons. The van der Waals surface area contributed by atoms with Crippen molar-refractivity contribution < 1.29 is 4.92 Å². The van der Waals surface area contributed by atoms with Crippen LogP contribution in [0.2, 0.25) is 0 Å². The largest absolute Gasteiger partial charge is 0.293 e. The monoisotopic (exact) mass is 253 g/mol. The standard InChI is InChI=1S/C12H7N5O2/c1-8-3-2-4-10(17(18)19)12(8)16-7-15-9(5-13)11(16)6-14/h2-4,7H,1H3. The summed E-state index contributed by atoms with van der Waals surface area (Å²) in [5.41, 5.74) is 0.656. The van der Waals surface area contributed by atoms with Crippen molar-refractivity contribution in [3.05, 3.63) is 51.6 Å². The molecule has 0 saturated heterocycles. The zero-order valence-corrected chi connectivity index (χ0v) is 9.86. The third kappa shape index (κ3) is 1.90. The van der Waals surface area contributed by atoms with Gasteiger partial charge in [0.25, 0.3) is 5.69 Å². The van der Waals surface area contributed by atoms with Crippen LogP contribution in [-0.2, 0) is 0 Å². The molecule has 1 aromatic heterocycles. The topological polar surface area (TPSA) is 109 Å². The molecule has 0 radical (unpaired) electrons. The second-order valence-corrected chi connectivity index (χ2v) is 3.74. The van der Waals surface area contributed by atoms with Crippen molar-refractivity contribution in [2.24, 2.45) is 0 Å². The summed E-state index contributed by atoms with van der Waals surface area (Å²) in [5.74, 6) is 0. The maximum absolute atomic E-state index is 11.0. The average molecular weight is 253 g/mol. The van der Waals surface area contributed by atoms with Crippen molar-refractivity contribution in [3.8, 4) is 17.8 Å². The summed E-state index contributed by atoms with van der Waals surface area (Å²) in [5, 5.41) is 29.0. The fraction of sp³-hybridized carbons (Fsp3) is 0.0833. The highest BCUT2D eigenvalue weighted by Crippen LogP contribution is 2.27. The quantitative estimate of drug-likeness (QED) is 0.599. The van der Waals surface area contributed by atoms with Gasteiger partial charge in [-0.1, -0.05) is 12.1 Å². The summed E-state index contributed by atoms with van der Waals surface area (Å²) < 4.78 is 1.27. The Kier molecular flexibility index (Phi) is 2.96. The van der Waals surface area contributed by atoms with E-state index >= 15 is 0 Å². The lowest BCUT2D eigenvalue weighted by molar-refractivity contribution is -0.384. The van der Waals surface area contributed by atoms with Gasteiger partial charge < -0.3 is 0 Å². The van der Waals surface area contributed by atoms with Gasteiger partial charge >= 0.3 is 0 Å². The number of aromatic nitrogens is 2. The summed E-state index contributed by atoms with van der Waals surface area (Å²) in [6.07, 6.45) is 1.24. The SMILES string of the molecule is Cc1cccc([N+](=O)[O-])c1-n1cnc(C#N)c1C#N. The third-order valence-electron chi connectivity index (χ3n) is 2.63. The van der Waals surface area contributed by atoms with Crippen LogP contribution in [0.15, 0.2) is 24.5 Å². The van der Waals surface area contributed by atoms with Gasteiger partial charge in [-0.05, 0) is 12.5 Å². The molecule has 0 unspecified atom stereocenters. The van der Waals surface area contributed by atoms with E-state index in [4.69, 9.17) is 10.5 Å². The molecule has 0 fully saturated rings. The predicted octanol–water partition coefficient (Wildman–Crippen LogP) is 1.83. The number of nitro groups is 1. The highest BCUT2D eigenvalue weighted by atomic mass is 16.6. The molecule has 7 heteroatoms. The smallest absolute Gasteiger partial charge is 0.283 e. The first kappa shape index (κ1) is 12.3. The van der Waals surface area contributed by atoms with E-state index in [-0.39, 0.29) is 22.8 Å². The summed E-state index contributed by atoms with van der Waals surface area (Å²) in [4.78, 5) is 14.3. The Balaban J connectivity index is 2.81. The summed E-state index contributed by atoms with van der Waals surface area (Å²) >= 11 is 0. The van der Waals surface area contributed by atoms with Crippen LogP contribution in [0.3, 0.4) is 0 Å². The van der Waals surface area contributed by atoms with Gasteiger partial charge in [0.05, 0.1) is 4.92 Å². The van der Waals surface area contributed by atoms with Crippen LogP contribution >= 0.6 is 0 Å². The number of rotatable bonds is 2. The van der Waals surface area contributed by atoms with Crippen LogP contribution in [0.4, 0.5) is 5.69 Å². The summed E-state index contributed by atoms with van der Waals surface area (Å²) in [6.45, 7) is 1.69. The van der Waals surface area contributed by atoms with Crippen molar-refractivity contribution >= 4 is 5.69 Å². The van der Waals surface area contributed by atoms with Gasteiger partial charge in [0, 0.05) is 6.07 Å². The number of hydrogen-bond acceptors (Lipinski definition) is 5. The first-order chi connectivity index (χ1) is 9.10. The maximum Gasteiger partial charge on any atom is 0.293 e. The average Bonchev–Trinajstić information content (AvgIpc) is 2.80. The molecule has 1 heterocycles. The Labute approximate surface area is 108 Å². The van der Waals surface area contributed by atoms with E-state index in [0.29, 0.717) is 5.56 Å². The van der Waals surface area contributed by atoms with Crippen LogP contribution < -0.4 is 0 Å². The lowest BCUT2D eigenvalue weighted by atomic mass is 10.1. The van der Waals surface area contributed by atoms with Crippen LogP contribution in [0.1, 0.15) is 17.0 Å². The van der Waals surface area contributed by atoms with Crippen LogP contribution in [-0.4, -0.2) is 14.5 Å². The van der Waals surface area contributed by atoms with Gasteiger partial charge in [-0.3, -0.25) is 14.7 Å². The third-order valence-corrected chi connectivity index (χ3v) is 2.63. The molecule has 19 heavy (non-hydrogen) atoms. The minimum Gasteiger partial charge on any atom is -0.283 e. The Morgan fingerprint density at radius 2 is 2.11 bits per heavy atom. The lowest BCUT2D eigenvalue weighted by Crippen LogP contribution is -2.04. The van der Waals surface area contributed by atoms with Crippen molar-refractivity contribution in [2.45, 2.75) is 6.92 Å². The zero-order valence-electron chi connectivity index (χ0n) is 9.86. The molecular formula is C12H7N5O2. The molecule has 1 aromatic carbocycles. The van der Waals surface area contributed by atoms with Gasteiger partial charge in [0.1, 0.15) is 24.2 Å². The Bertz CT molecular complexity index is 748. The van der Waals surface area contributed by atoms with E-state index in [2.05, 4.69) is 4.98 Å². The van der Waals surface area contributed by atoms with Crippen LogP contribution in [0.5, 0.6) is 0 Å². The van der Waals surface area contributed by atoms with Crippen LogP contribution in [0, 0.1) is 39.7 Å². The van der Waals surface area contributed by atoms with Gasteiger partial charge in [-0.15, -0.1) is 0 Å². The van der Waals surface area contributed by atoms with Crippen LogP contribution in [0.25, 0.3) is 5.69 Å². The number of benzene rings is 1. The maximum atomic E-state index is 11.0. The number of para-hydroxylation sites is 1. The van der Waals surface area contributed by atoms with Crippen molar-refractivity contribution in [1.82, 2.24) is 9.55 Å². The second-order valence-electron chi connectivity index (χ2n) is 3.74. The number of nitriles is 2. The van der Waals surface area contributed by atoms with E-state index in [1.165, 1.54) is 17.0 Å². The molecule has 0 bridgehead atoms. The van der Waals surface area contributed by atoms with Gasteiger partial charge in [-0.25, -0.2) is 4.98 Å². The Morgan fingerprint density at radius 3 is 2.68 bits per heavy atom. The van der Waals surface area contributed by atoms with E-state index < -0.39 is 4.92 Å². The Morgan fingerprint density at radius 1 is 1.37 bits per heavy atom. The second kappa shape index (κ2) is 4.59. The molecule has 0 amide bonds. The van der Waals surface area contributed by atoms with E-state index in [0.717, 1.165) is 0 Å². The van der Waals surface area contributed by atoms with Crippen molar-refractivity contribution in [2.75, 3.05) is 0 Å². The molecule has 0 aliphatic carbocycles. The van der Waals surface area contributed by atoms with E-state index in [1.807, 2.05) is 6.07 Å². The van der Waals surface area contributed by atoms with Gasteiger partial charge in [-0.2, -0.15) is 10.5 Å². The normalized spacial score (nSPS) is 9.63. The number of hydrogen-bond donors (Lipinski definition) is 0. The first-order valence-corrected chi connectivity index (χ1v) is 5.22. The van der Waals surface area contributed by atoms with Crippen molar-refractivity contribution in [3.63, 3.8) is 0 Å². The molecule has 0 N–H and O–H groups in total. The fourth-order valence-corrected chi connectivity index (χ4v) is 1.81. The highest BCUT2D eigenvalue weighted by Gasteiger charge is 2.21. The fourth-order valence-electron chi connectivity index (χ4n) is 1.81. The molecule has 2 rings (SSSR count). The molecule has 0 spiro atoms. The first-order valence-electron chi connectivity index (χ1n) is 5.22. The summed E-state index contributed by atoms with van der Waals surface area (Å²) in [7, 11) is 0. The summed E-state index contributed by atoms with van der Waals surface area (Å²) in [6, 6.07) is 8.22. The van der Waals surface area contributed by atoms with E-state index in [1.54, 1.807) is 25.1 Å². The Hall–Kier alpha value is -3.19. The number of nitrogens with zero attached hydrogens (tertiary/aromatic N) is 5. The molecular weight excluding hydrogens is 246 g/mol. The van der Waals surface area contributed by atoms with Crippen molar-refractivity contribution in [1.29, 1.82) is 10.5 Å². The predicted molar refractivity (Wildman–Crippen MR) is 64.4 cm³/mol. The minimum atomic E-state index is -0.532. The van der Waals surface area contributed by atoms with Gasteiger partial charge in [0.15, 0.2) is 11.4 Å².